The topological polar surface area (TPSA) is 201 Å². The first-order valence-corrected chi connectivity index (χ1v) is 15.7. The second-order valence-corrected chi connectivity index (χ2v) is 11.3. The molecule has 12 heteroatoms. The minimum atomic E-state index is -1.04. The normalized spacial score (nSPS) is 11.9. The van der Waals surface area contributed by atoms with Crippen molar-refractivity contribution in [2.75, 3.05) is 18.4 Å². The van der Waals surface area contributed by atoms with Gasteiger partial charge >= 0.3 is 0 Å². The quantitative estimate of drug-likeness (QED) is 0.0548. The maximum atomic E-state index is 13.7. The molecule has 9 N–H and O–H groups in total. The van der Waals surface area contributed by atoms with Gasteiger partial charge in [-0.2, -0.15) is 0 Å². The fourth-order valence-electron chi connectivity index (χ4n) is 5.11. The fraction of sp³-hybridized carbons (Fsp3) is 0.250. The summed E-state index contributed by atoms with van der Waals surface area (Å²) in [6, 6.07) is 26.9. The number of aliphatic imine (C=N–C) groups is 1. The number of benzene rings is 4. The molecule has 0 saturated heterocycles. The molecule has 0 fully saturated rings. The highest BCUT2D eigenvalue weighted by Gasteiger charge is 2.27. The summed E-state index contributed by atoms with van der Waals surface area (Å²) >= 11 is 0. The number of phenols is 1. The van der Waals surface area contributed by atoms with E-state index in [-0.39, 0.29) is 50.0 Å². The van der Waals surface area contributed by atoms with Crippen molar-refractivity contribution in [1.29, 1.82) is 0 Å². The molecule has 4 aromatic carbocycles. The number of hydrogen-bond donors (Lipinski definition) is 7. The van der Waals surface area contributed by atoms with Gasteiger partial charge in [-0.15, -0.1) is 0 Å². The first-order valence-electron chi connectivity index (χ1n) is 15.7. The van der Waals surface area contributed by atoms with Crippen LogP contribution in [0.25, 0.3) is 10.8 Å². The molecule has 0 aliphatic heterocycles. The zero-order chi connectivity index (χ0) is 34.3. The molecular formula is C36H41N7O5. The predicted octanol–water partition coefficient (Wildman–Crippen LogP) is 2.50. The van der Waals surface area contributed by atoms with E-state index < -0.39 is 29.8 Å². The molecule has 0 aliphatic carbocycles. The number of guanidine groups is 1. The third-order valence-corrected chi connectivity index (χ3v) is 7.58. The van der Waals surface area contributed by atoms with Crippen LogP contribution >= 0.6 is 0 Å². The van der Waals surface area contributed by atoms with Crippen LogP contribution in [-0.2, 0) is 32.0 Å². The van der Waals surface area contributed by atoms with Gasteiger partial charge in [0.25, 0.3) is 0 Å². The van der Waals surface area contributed by atoms with Crippen LogP contribution in [0.5, 0.6) is 5.75 Å². The van der Waals surface area contributed by atoms with Crippen LogP contribution < -0.4 is 32.7 Å². The summed E-state index contributed by atoms with van der Waals surface area (Å²) in [7, 11) is 0. The number of nitrogens with one attached hydrogen (secondary N) is 4. The van der Waals surface area contributed by atoms with E-state index in [1.54, 1.807) is 30.3 Å². The Hall–Kier alpha value is -5.91. The largest absolute Gasteiger partial charge is 0.508 e. The Morgan fingerprint density at radius 3 is 2.19 bits per heavy atom. The summed E-state index contributed by atoms with van der Waals surface area (Å²) in [6.07, 6.45) is 1.24. The number of fused-ring (bicyclic) bond motifs is 1. The van der Waals surface area contributed by atoms with Crippen LogP contribution in [-0.4, -0.2) is 59.9 Å². The molecule has 4 aromatic rings. The molecule has 0 aliphatic rings. The summed E-state index contributed by atoms with van der Waals surface area (Å²) in [5, 5.41) is 22.4. The number of amides is 4. The van der Waals surface area contributed by atoms with Crippen molar-refractivity contribution in [1.82, 2.24) is 16.0 Å². The average molecular weight is 652 g/mol. The number of nitrogens with two attached hydrogens (primary N) is 2. The van der Waals surface area contributed by atoms with Gasteiger partial charge in [0.15, 0.2) is 5.96 Å². The summed E-state index contributed by atoms with van der Waals surface area (Å²) in [4.78, 5) is 56.8. The Kier molecular flexibility index (Phi) is 12.9. The molecule has 12 nitrogen and oxygen atoms in total. The number of aryl methyl sites for hydroxylation is 1. The third-order valence-electron chi connectivity index (χ3n) is 7.58. The van der Waals surface area contributed by atoms with Gasteiger partial charge in [-0.3, -0.25) is 24.2 Å². The number of carbonyl (C=O) groups excluding carboxylic acids is 4. The van der Waals surface area contributed by atoms with E-state index in [4.69, 9.17) is 11.5 Å². The van der Waals surface area contributed by atoms with Gasteiger partial charge < -0.3 is 37.8 Å². The standard InChI is InChI=1S/C36H41N7O5/c37-36(38)39-21-7-14-30(34(47)40-23-33(46)41-29-13-6-11-26-10-4-5-12-28(26)29)43-35(48)31(22-25-8-2-1-3-9-25)42-32(45)20-17-24-15-18-27(44)19-16-24/h1-6,8-13,15-16,18-19,30-31,44H,7,14,17,20-23H2,(H,40,47)(H,41,46)(H,42,45)(H,43,48)(H4,37,38,39)/t30?,31-/m1/s1. The molecule has 48 heavy (non-hydrogen) atoms. The lowest BCUT2D eigenvalue weighted by molar-refractivity contribution is -0.132. The maximum Gasteiger partial charge on any atom is 0.243 e. The van der Waals surface area contributed by atoms with Gasteiger partial charge in [0.2, 0.25) is 23.6 Å². The average Bonchev–Trinajstić information content (AvgIpc) is 3.08. The monoisotopic (exact) mass is 651 g/mol. The molecule has 0 bridgehead atoms. The van der Waals surface area contributed by atoms with E-state index in [9.17, 15) is 24.3 Å². The second kappa shape index (κ2) is 17.7. The minimum absolute atomic E-state index is 0.0944. The Morgan fingerprint density at radius 2 is 1.44 bits per heavy atom. The lowest BCUT2D eigenvalue weighted by atomic mass is 10.0. The fourth-order valence-corrected chi connectivity index (χ4v) is 5.11. The molecule has 0 saturated carbocycles. The first-order chi connectivity index (χ1) is 23.2. The molecule has 4 rings (SSSR count). The van der Waals surface area contributed by atoms with E-state index in [1.807, 2.05) is 66.7 Å². The van der Waals surface area contributed by atoms with E-state index in [0.29, 0.717) is 18.5 Å². The molecule has 2 atom stereocenters. The van der Waals surface area contributed by atoms with Crippen LogP contribution in [0.1, 0.15) is 30.4 Å². The number of hydrogen-bond acceptors (Lipinski definition) is 6. The summed E-state index contributed by atoms with van der Waals surface area (Å²) in [5.41, 5.74) is 13.2. The highest BCUT2D eigenvalue weighted by atomic mass is 16.3. The molecule has 4 amide bonds. The Balaban J connectivity index is 1.42. The highest BCUT2D eigenvalue weighted by Crippen LogP contribution is 2.22. The molecule has 0 radical (unpaired) electrons. The predicted molar refractivity (Wildman–Crippen MR) is 186 cm³/mol. The van der Waals surface area contributed by atoms with Crippen molar-refractivity contribution in [2.45, 2.75) is 44.2 Å². The first kappa shape index (κ1) is 35.0. The Labute approximate surface area is 279 Å². The molecular weight excluding hydrogens is 610 g/mol. The van der Waals surface area contributed by atoms with E-state index in [1.165, 1.54) is 0 Å². The van der Waals surface area contributed by atoms with Gasteiger partial charge in [-0.05, 0) is 54.0 Å². The molecule has 0 aromatic heterocycles. The number of nitrogens with zero attached hydrogens (tertiary/aromatic N) is 1. The van der Waals surface area contributed by atoms with Gasteiger partial charge in [-0.1, -0.05) is 78.9 Å². The van der Waals surface area contributed by atoms with E-state index in [0.717, 1.165) is 21.9 Å². The molecule has 0 heterocycles. The number of rotatable bonds is 16. The lowest BCUT2D eigenvalue weighted by Gasteiger charge is -2.23. The molecule has 1 unspecified atom stereocenters. The smallest absolute Gasteiger partial charge is 0.243 e. The minimum Gasteiger partial charge on any atom is -0.508 e. The van der Waals surface area contributed by atoms with E-state index in [2.05, 4.69) is 26.3 Å². The van der Waals surface area contributed by atoms with Crippen LogP contribution in [0.4, 0.5) is 5.69 Å². The number of phenolic OH excluding ortho intramolecular Hbond substituents is 1. The molecule has 0 spiro atoms. The Morgan fingerprint density at radius 1 is 0.729 bits per heavy atom. The van der Waals surface area contributed by atoms with Crippen molar-refractivity contribution in [2.24, 2.45) is 16.5 Å². The number of carbonyl (C=O) groups is 4. The van der Waals surface area contributed by atoms with Gasteiger partial charge in [-0.25, -0.2) is 0 Å². The Bertz CT molecular complexity index is 1720. The van der Waals surface area contributed by atoms with Crippen molar-refractivity contribution in [3.05, 3.63) is 108 Å². The van der Waals surface area contributed by atoms with Crippen molar-refractivity contribution in [3.63, 3.8) is 0 Å². The zero-order valence-electron chi connectivity index (χ0n) is 26.5. The number of aromatic hydroxyl groups is 1. The summed E-state index contributed by atoms with van der Waals surface area (Å²) < 4.78 is 0. The summed E-state index contributed by atoms with van der Waals surface area (Å²) in [6.45, 7) is -0.102. The van der Waals surface area contributed by atoms with Gasteiger partial charge in [0, 0.05) is 30.5 Å². The van der Waals surface area contributed by atoms with E-state index >= 15 is 0 Å². The highest BCUT2D eigenvalue weighted by molar-refractivity contribution is 6.03. The number of anilines is 1. The zero-order valence-corrected chi connectivity index (χ0v) is 26.5. The van der Waals surface area contributed by atoms with Crippen molar-refractivity contribution < 1.29 is 24.3 Å². The van der Waals surface area contributed by atoms with Crippen molar-refractivity contribution in [3.8, 4) is 5.75 Å². The lowest BCUT2D eigenvalue weighted by Crippen LogP contribution is -2.55. The molecule has 250 valence electrons. The third kappa shape index (κ3) is 11.2. The maximum absolute atomic E-state index is 13.7. The van der Waals surface area contributed by atoms with Crippen LogP contribution in [0.2, 0.25) is 0 Å². The van der Waals surface area contributed by atoms with Crippen molar-refractivity contribution >= 4 is 46.0 Å². The van der Waals surface area contributed by atoms with Crippen LogP contribution in [0.3, 0.4) is 0 Å². The summed E-state index contributed by atoms with van der Waals surface area (Å²) in [5.74, 6) is -1.88. The van der Waals surface area contributed by atoms with Crippen LogP contribution in [0.15, 0.2) is 102 Å². The second-order valence-electron chi connectivity index (χ2n) is 11.3. The van der Waals surface area contributed by atoms with Gasteiger partial charge in [0.05, 0.1) is 6.54 Å². The van der Waals surface area contributed by atoms with Gasteiger partial charge in [0.1, 0.15) is 17.8 Å². The van der Waals surface area contributed by atoms with Crippen LogP contribution in [0, 0.1) is 0 Å². The SMILES string of the molecule is NC(N)=NCCCC(NC(=O)[C@@H](Cc1ccccc1)NC(=O)CCc1ccc(O)cc1)C(=O)NCC(=O)Nc1cccc2ccccc12.